The van der Waals surface area contributed by atoms with E-state index in [1.165, 1.54) is 0 Å². The fourth-order valence-electron chi connectivity index (χ4n) is 1.79. The van der Waals surface area contributed by atoms with Crippen LogP contribution in [-0.4, -0.2) is 38.1 Å². The molecule has 1 unspecified atom stereocenters. The molecule has 0 bridgehead atoms. The minimum Gasteiger partial charge on any atom is -0.312 e. The van der Waals surface area contributed by atoms with Gasteiger partial charge in [-0.1, -0.05) is 27.7 Å². The van der Waals surface area contributed by atoms with E-state index in [-0.39, 0.29) is 5.41 Å². The third-order valence-electron chi connectivity index (χ3n) is 3.12. The van der Waals surface area contributed by atoms with Crippen LogP contribution in [0.15, 0.2) is 0 Å². The lowest BCUT2D eigenvalue weighted by Crippen LogP contribution is -2.45. The first-order valence-electron chi connectivity index (χ1n) is 6.53. The van der Waals surface area contributed by atoms with Gasteiger partial charge in [-0.15, -0.1) is 0 Å². The van der Waals surface area contributed by atoms with E-state index >= 15 is 0 Å². The molecule has 0 saturated heterocycles. The van der Waals surface area contributed by atoms with Crippen LogP contribution in [0.1, 0.15) is 40.5 Å². The van der Waals surface area contributed by atoms with Crippen LogP contribution in [0.3, 0.4) is 0 Å². The van der Waals surface area contributed by atoms with Gasteiger partial charge < -0.3 is 10.2 Å². The summed E-state index contributed by atoms with van der Waals surface area (Å²) >= 11 is 0. The van der Waals surface area contributed by atoms with Gasteiger partial charge in [-0.25, -0.2) is 0 Å². The molecule has 0 rings (SSSR count). The summed E-state index contributed by atoms with van der Waals surface area (Å²) in [4.78, 5) is 2.22. The summed E-state index contributed by atoms with van der Waals surface area (Å²) in [7, 11) is 4.22. The van der Waals surface area contributed by atoms with Gasteiger partial charge in [0.2, 0.25) is 0 Å². The third-order valence-corrected chi connectivity index (χ3v) is 3.12. The van der Waals surface area contributed by atoms with E-state index in [4.69, 9.17) is 5.26 Å². The molecule has 0 heterocycles. The molecule has 0 fully saturated rings. The van der Waals surface area contributed by atoms with Crippen LogP contribution in [0.5, 0.6) is 0 Å². The maximum atomic E-state index is 8.64. The highest BCUT2D eigenvalue weighted by Gasteiger charge is 2.21. The predicted molar refractivity (Wildman–Crippen MR) is 73.8 cm³/mol. The lowest BCUT2D eigenvalue weighted by Gasteiger charge is -2.31. The van der Waals surface area contributed by atoms with Crippen molar-refractivity contribution in [2.75, 3.05) is 27.2 Å². The lowest BCUT2D eigenvalue weighted by atomic mass is 9.87. The fourth-order valence-corrected chi connectivity index (χ4v) is 1.79. The van der Waals surface area contributed by atoms with Crippen molar-refractivity contribution in [2.24, 2.45) is 11.3 Å². The molecule has 0 spiro atoms. The molecule has 100 valence electrons. The molecule has 3 heteroatoms. The van der Waals surface area contributed by atoms with E-state index in [2.05, 4.69) is 58.1 Å². The molecule has 0 aromatic carbocycles. The molecule has 0 saturated carbocycles. The minimum atomic E-state index is 0.204. The van der Waals surface area contributed by atoms with Crippen LogP contribution in [0, 0.1) is 22.7 Å². The van der Waals surface area contributed by atoms with Gasteiger partial charge in [-0.05, 0) is 31.8 Å². The van der Waals surface area contributed by atoms with Gasteiger partial charge in [-0.3, -0.25) is 0 Å². The Bertz CT molecular complexity index is 238. The third kappa shape index (κ3) is 8.18. The van der Waals surface area contributed by atoms with Gasteiger partial charge in [-0.2, -0.15) is 5.26 Å². The molecule has 0 aliphatic carbocycles. The van der Waals surface area contributed by atoms with E-state index in [1.54, 1.807) is 0 Å². The Morgan fingerprint density at radius 3 is 2.29 bits per heavy atom. The number of nitriles is 1. The van der Waals surface area contributed by atoms with Crippen molar-refractivity contribution >= 4 is 0 Å². The smallest absolute Gasteiger partial charge is 0.0621 e. The number of hydrogen-bond acceptors (Lipinski definition) is 3. The normalized spacial score (nSPS) is 14.1. The molecule has 0 aromatic heterocycles. The van der Waals surface area contributed by atoms with Gasteiger partial charge in [0.05, 0.1) is 6.07 Å². The van der Waals surface area contributed by atoms with E-state index in [0.29, 0.717) is 18.4 Å². The van der Waals surface area contributed by atoms with Crippen LogP contribution in [0.2, 0.25) is 0 Å². The molecule has 1 atom stereocenters. The van der Waals surface area contributed by atoms with Crippen molar-refractivity contribution in [3.63, 3.8) is 0 Å². The quantitative estimate of drug-likeness (QED) is 0.707. The zero-order valence-corrected chi connectivity index (χ0v) is 12.4. The summed E-state index contributed by atoms with van der Waals surface area (Å²) in [6, 6.07) is 2.75. The highest BCUT2D eigenvalue weighted by molar-refractivity contribution is 4.82. The van der Waals surface area contributed by atoms with Crippen LogP contribution < -0.4 is 5.32 Å². The Kier molecular flexibility index (Phi) is 7.41. The van der Waals surface area contributed by atoms with E-state index in [1.807, 2.05) is 0 Å². The van der Waals surface area contributed by atoms with E-state index < -0.39 is 0 Å². The molecule has 0 aliphatic rings. The van der Waals surface area contributed by atoms with Gasteiger partial charge in [0.15, 0.2) is 0 Å². The number of nitrogens with zero attached hydrogens (tertiary/aromatic N) is 2. The number of rotatable bonds is 8. The minimum absolute atomic E-state index is 0.204. The summed E-state index contributed by atoms with van der Waals surface area (Å²) in [5.74, 6) is 0.629. The lowest BCUT2D eigenvalue weighted by molar-refractivity contribution is 0.242. The Hall–Kier alpha value is -0.590. The molecular formula is C14H29N3. The van der Waals surface area contributed by atoms with Crippen molar-refractivity contribution in [3.05, 3.63) is 0 Å². The monoisotopic (exact) mass is 239 g/mol. The van der Waals surface area contributed by atoms with Gasteiger partial charge in [0.1, 0.15) is 0 Å². The summed E-state index contributed by atoms with van der Waals surface area (Å²) < 4.78 is 0. The van der Waals surface area contributed by atoms with Crippen molar-refractivity contribution in [1.82, 2.24) is 10.2 Å². The van der Waals surface area contributed by atoms with Crippen molar-refractivity contribution in [1.29, 1.82) is 5.26 Å². The summed E-state index contributed by atoms with van der Waals surface area (Å²) in [5.41, 5.74) is 0.204. The number of hydrogen-bond donors (Lipinski definition) is 1. The Morgan fingerprint density at radius 2 is 1.88 bits per heavy atom. The maximum absolute atomic E-state index is 8.64. The van der Waals surface area contributed by atoms with Crippen molar-refractivity contribution in [2.45, 2.75) is 46.6 Å². The average molecular weight is 239 g/mol. The molecule has 0 amide bonds. The van der Waals surface area contributed by atoms with Crippen LogP contribution >= 0.6 is 0 Å². The molecular weight excluding hydrogens is 210 g/mol. The number of nitrogens with one attached hydrogen (secondary N) is 1. The fraction of sp³-hybridized carbons (Fsp3) is 0.929. The SMILES string of the molecule is CC(C)C(CN(C)C)NCC(C)(C)CCC#N. The van der Waals surface area contributed by atoms with Crippen LogP contribution in [0.25, 0.3) is 0 Å². The largest absolute Gasteiger partial charge is 0.312 e. The molecule has 17 heavy (non-hydrogen) atoms. The predicted octanol–water partition coefficient (Wildman–Crippen LogP) is 2.49. The summed E-state index contributed by atoms with van der Waals surface area (Å²) in [6.45, 7) is 11.0. The second-order valence-electron chi connectivity index (χ2n) is 6.32. The Morgan fingerprint density at radius 1 is 1.29 bits per heavy atom. The highest BCUT2D eigenvalue weighted by atomic mass is 15.1. The first-order chi connectivity index (χ1) is 7.78. The Balaban J connectivity index is 4.15. The second kappa shape index (κ2) is 7.68. The highest BCUT2D eigenvalue weighted by Crippen LogP contribution is 2.21. The first kappa shape index (κ1) is 16.4. The van der Waals surface area contributed by atoms with Crippen LogP contribution in [-0.2, 0) is 0 Å². The standard InChI is InChI=1S/C14H29N3/c1-12(2)13(10-17(5)6)16-11-14(3,4)8-7-9-15/h12-13,16H,7-8,10-11H2,1-6H3. The van der Waals surface area contributed by atoms with Crippen molar-refractivity contribution < 1.29 is 0 Å². The van der Waals surface area contributed by atoms with Gasteiger partial charge in [0, 0.05) is 25.6 Å². The number of likely N-dealkylation sites (N-methyl/N-ethyl adjacent to an activating group) is 1. The van der Waals surface area contributed by atoms with E-state index in [0.717, 1.165) is 19.5 Å². The topological polar surface area (TPSA) is 39.1 Å². The van der Waals surface area contributed by atoms with Gasteiger partial charge >= 0.3 is 0 Å². The molecule has 1 N–H and O–H groups in total. The molecule has 0 radical (unpaired) electrons. The zero-order chi connectivity index (χ0) is 13.5. The average Bonchev–Trinajstić information content (AvgIpc) is 2.20. The zero-order valence-electron chi connectivity index (χ0n) is 12.4. The second-order valence-corrected chi connectivity index (χ2v) is 6.32. The van der Waals surface area contributed by atoms with Crippen molar-refractivity contribution in [3.8, 4) is 6.07 Å². The van der Waals surface area contributed by atoms with Crippen LogP contribution in [0.4, 0.5) is 0 Å². The molecule has 0 aliphatic heterocycles. The molecule has 3 nitrogen and oxygen atoms in total. The van der Waals surface area contributed by atoms with Gasteiger partial charge in [0.25, 0.3) is 0 Å². The summed E-state index contributed by atoms with van der Waals surface area (Å²) in [6.07, 6.45) is 1.61. The van der Waals surface area contributed by atoms with E-state index in [9.17, 15) is 0 Å². The molecule has 0 aromatic rings. The maximum Gasteiger partial charge on any atom is 0.0621 e. The first-order valence-corrected chi connectivity index (χ1v) is 6.53. The summed E-state index contributed by atoms with van der Waals surface area (Å²) in [5, 5.41) is 12.3. The Labute approximate surface area is 107 Å².